The Kier molecular flexibility index (Phi) is 5.41. The van der Waals surface area contributed by atoms with Crippen molar-refractivity contribution >= 4 is 0 Å². The summed E-state index contributed by atoms with van der Waals surface area (Å²) < 4.78 is 7.98. The molecule has 0 aliphatic rings. The molecule has 1 unspecified atom stereocenters. The molecule has 19 heavy (non-hydrogen) atoms. The lowest BCUT2D eigenvalue weighted by molar-refractivity contribution is 0.139. The summed E-state index contributed by atoms with van der Waals surface area (Å²) in [5.74, 6) is 1.31. The van der Waals surface area contributed by atoms with Crippen LogP contribution in [0, 0.1) is 5.92 Å². The van der Waals surface area contributed by atoms with E-state index in [2.05, 4.69) is 58.9 Å². The SMILES string of the molecule is CC(C)C(CNC(C)(C)C)Oc1cnn(C(C)C)c1. The number of rotatable bonds is 6. The van der Waals surface area contributed by atoms with Crippen LogP contribution in [0.3, 0.4) is 0 Å². The average molecular weight is 267 g/mol. The standard InChI is InChI=1S/C15H29N3O/c1-11(2)14(9-16-15(5,6)7)19-13-8-17-18(10-13)12(3)4/h8,10-12,14,16H,9H2,1-7H3. The van der Waals surface area contributed by atoms with Gasteiger partial charge in [-0.1, -0.05) is 13.8 Å². The van der Waals surface area contributed by atoms with Crippen LogP contribution in [-0.4, -0.2) is 28.0 Å². The summed E-state index contributed by atoms with van der Waals surface area (Å²) in [6, 6.07) is 0.363. The van der Waals surface area contributed by atoms with Gasteiger partial charge in [-0.2, -0.15) is 5.10 Å². The third-order valence-corrected chi connectivity index (χ3v) is 2.97. The molecule has 0 fully saturated rings. The van der Waals surface area contributed by atoms with Crippen molar-refractivity contribution in [3.63, 3.8) is 0 Å². The van der Waals surface area contributed by atoms with E-state index in [1.54, 1.807) is 6.20 Å². The highest BCUT2D eigenvalue weighted by Crippen LogP contribution is 2.17. The first-order chi connectivity index (χ1) is 8.69. The molecule has 0 aliphatic heterocycles. The van der Waals surface area contributed by atoms with Gasteiger partial charge in [-0.05, 0) is 40.5 Å². The molecule has 1 aromatic rings. The van der Waals surface area contributed by atoms with E-state index in [0.29, 0.717) is 12.0 Å². The third kappa shape index (κ3) is 5.64. The highest BCUT2D eigenvalue weighted by molar-refractivity contribution is 5.12. The van der Waals surface area contributed by atoms with Gasteiger partial charge in [-0.15, -0.1) is 0 Å². The van der Waals surface area contributed by atoms with E-state index in [9.17, 15) is 0 Å². The summed E-state index contributed by atoms with van der Waals surface area (Å²) >= 11 is 0. The fraction of sp³-hybridized carbons (Fsp3) is 0.800. The maximum atomic E-state index is 6.06. The van der Waals surface area contributed by atoms with E-state index in [-0.39, 0.29) is 11.6 Å². The molecule has 1 N–H and O–H groups in total. The van der Waals surface area contributed by atoms with Gasteiger partial charge in [0.15, 0.2) is 5.75 Å². The second-order valence-corrected chi connectivity index (χ2v) is 6.78. The average Bonchev–Trinajstić information content (AvgIpc) is 2.70. The number of nitrogens with one attached hydrogen (secondary N) is 1. The molecule has 0 spiro atoms. The molecule has 0 radical (unpaired) electrons. The molecule has 0 bridgehead atoms. The first kappa shape index (κ1) is 16.0. The Bertz CT molecular complexity index is 377. The van der Waals surface area contributed by atoms with Crippen LogP contribution in [0.1, 0.15) is 54.5 Å². The second-order valence-electron chi connectivity index (χ2n) is 6.78. The zero-order chi connectivity index (χ0) is 14.6. The smallest absolute Gasteiger partial charge is 0.157 e. The Balaban J connectivity index is 2.62. The maximum absolute atomic E-state index is 6.06. The minimum atomic E-state index is 0.110. The Hall–Kier alpha value is -1.03. The van der Waals surface area contributed by atoms with E-state index in [1.165, 1.54) is 0 Å². The minimum Gasteiger partial charge on any atom is -0.486 e. The largest absolute Gasteiger partial charge is 0.486 e. The monoisotopic (exact) mass is 267 g/mol. The zero-order valence-corrected chi connectivity index (χ0v) is 13.4. The summed E-state index contributed by atoms with van der Waals surface area (Å²) in [5, 5.41) is 7.81. The predicted molar refractivity (Wildman–Crippen MR) is 79.6 cm³/mol. The van der Waals surface area contributed by atoms with E-state index in [0.717, 1.165) is 12.3 Å². The molecule has 0 aromatic carbocycles. The number of nitrogens with zero attached hydrogens (tertiary/aromatic N) is 2. The lowest BCUT2D eigenvalue weighted by atomic mass is 10.0. The normalized spacial score (nSPS) is 14.2. The fourth-order valence-corrected chi connectivity index (χ4v) is 1.66. The van der Waals surface area contributed by atoms with Crippen molar-refractivity contribution in [3.8, 4) is 5.75 Å². The van der Waals surface area contributed by atoms with Gasteiger partial charge < -0.3 is 10.1 Å². The molecule has 0 saturated heterocycles. The van der Waals surface area contributed by atoms with E-state index < -0.39 is 0 Å². The van der Waals surface area contributed by atoms with Gasteiger partial charge in [0.05, 0.1) is 12.4 Å². The lowest BCUT2D eigenvalue weighted by Crippen LogP contribution is -2.44. The molecule has 1 heterocycles. The molecule has 4 nitrogen and oxygen atoms in total. The van der Waals surface area contributed by atoms with Crippen LogP contribution >= 0.6 is 0 Å². The van der Waals surface area contributed by atoms with Gasteiger partial charge >= 0.3 is 0 Å². The van der Waals surface area contributed by atoms with Crippen LogP contribution in [0.4, 0.5) is 0 Å². The van der Waals surface area contributed by atoms with Gasteiger partial charge in [-0.3, -0.25) is 4.68 Å². The second kappa shape index (κ2) is 6.42. The van der Waals surface area contributed by atoms with Crippen molar-refractivity contribution in [2.45, 2.75) is 66.2 Å². The number of hydrogen-bond donors (Lipinski definition) is 1. The summed E-state index contributed by atoms with van der Waals surface area (Å²) in [6.07, 6.45) is 3.92. The van der Waals surface area contributed by atoms with Crippen molar-refractivity contribution in [2.24, 2.45) is 5.92 Å². The third-order valence-electron chi connectivity index (χ3n) is 2.97. The lowest BCUT2D eigenvalue weighted by Gasteiger charge is -2.27. The van der Waals surface area contributed by atoms with Gasteiger partial charge in [0.25, 0.3) is 0 Å². The van der Waals surface area contributed by atoms with Crippen molar-refractivity contribution < 1.29 is 4.74 Å². The van der Waals surface area contributed by atoms with Crippen LogP contribution in [0.2, 0.25) is 0 Å². The molecular weight excluding hydrogens is 238 g/mol. The molecule has 4 heteroatoms. The van der Waals surface area contributed by atoms with Crippen LogP contribution in [0.15, 0.2) is 12.4 Å². The molecule has 0 aliphatic carbocycles. The number of hydrogen-bond acceptors (Lipinski definition) is 3. The summed E-state index contributed by atoms with van der Waals surface area (Å²) in [4.78, 5) is 0. The minimum absolute atomic E-state index is 0.110. The van der Waals surface area contributed by atoms with E-state index >= 15 is 0 Å². The molecule has 0 saturated carbocycles. The highest BCUT2D eigenvalue weighted by atomic mass is 16.5. The zero-order valence-electron chi connectivity index (χ0n) is 13.4. The number of aromatic nitrogens is 2. The highest BCUT2D eigenvalue weighted by Gasteiger charge is 2.19. The first-order valence-corrected chi connectivity index (χ1v) is 7.15. The molecular formula is C15H29N3O. The predicted octanol–water partition coefficient (Wildman–Crippen LogP) is 3.26. The van der Waals surface area contributed by atoms with E-state index in [1.807, 2.05) is 10.9 Å². The summed E-state index contributed by atoms with van der Waals surface area (Å²) in [5.41, 5.74) is 0.110. The summed E-state index contributed by atoms with van der Waals surface area (Å²) in [6.45, 7) is 15.9. The van der Waals surface area contributed by atoms with Gasteiger partial charge in [-0.25, -0.2) is 0 Å². The molecule has 0 amide bonds. The molecule has 1 rings (SSSR count). The Morgan fingerprint density at radius 3 is 2.32 bits per heavy atom. The number of ether oxygens (including phenoxy) is 1. The van der Waals surface area contributed by atoms with Gasteiger partial charge in [0.2, 0.25) is 0 Å². The Morgan fingerprint density at radius 1 is 1.26 bits per heavy atom. The van der Waals surface area contributed by atoms with Crippen molar-refractivity contribution in [1.29, 1.82) is 0 Å². The quantitative estimate of drug-likeness (QED) is 0.860. The maximum Gasteiger partial charge on any atom is 0.157 e. The topological polar surface area (TPSA) is 39.1 Å². The van der Waals surface area contributed by atoms with Gasteiger partial charge in [0.1, 0.15) is 6.10 Å². The fourth-order valence-electron chi connectivity index (χ4n) is 1.66. The van der Waals surface area contributed by atoms with Crippen molar-refractivity contribution in [1.82, 2.24) is 15.1 Å². The molecule has 1 aromatic heterocycles. The van der Waals surface area contributed by atoms with Crippen LogP contribution in [0.25, 0.3) is 0 Å². The van der Waals surface area contributed by atoms with Crippen LogP contribution in [-0.2, 0) is 0 Å². The Labute approximate surface area is 117 Å². The van der Waals surface area contributed by atoms with Crippen LogP contribution < -0.4 is 10.1 Å². The van der Waals surface area contributed by atoms with E-state index in [4.69, 9.17) is 4.74 Å². The molecule has 1 atom stereocenters. The summed E-state index contributed by atoms with van der Waals surface area (Å²) in [7, 11) is 0. The van der Waals surface area contributed by atoms with Crippen molar-refractivity contribution in [3.05, 3.63) is 12.4 Å². The molecule has 110 valence electrons. The van der Waals surface area contributed by atoms with Crippen molar-refractivity contribution in [2.75, 3.05) is 6.54 Å². The Morgan fingerprint density at radius 2 is 1.89 bits per heavy atom. The van der Waals surface area contributed by atoms with Crippen LogP contribution in [0.5, 0.6) is 5.75 Å². The van der Waals surface area contributed by atoms with Gasteiger partial charge in [0, 0.05) is 18.1 Å². The first-order valence-electron chi connectivity index (χ1n) is 7.15.